The minimum atomic E-state index is -3.66. The molecule has 1 aliphatic heterocycles. The molecule has 9 heteroatoms. The number of hydrogen-bond donors (Lipinski definition) is 1. The number of rotatable bonds is 6. The van der Waals surface area contributed by atoms with Gasteiger partial charge in [-0.15, -0.1) is 0 Å². The predicted molar refractivity (Wildman–Crippen MR) is 105 cm³/mol. The fourth-order valence-electron chi connectivity index (χ4n) is 3.29. The van der Waals surface area contributed by atoms with Crippen LogP contribution in [0.2, 0.25) is 0 Å². The van der Waals surface area contributed by atoms with Crippen LogP contribution in [0.1, 0.15) is 24.1 Å². The smallest absolute Gasteiger partial charge is 0.244 e. The van der Waals surface area contributed by atoms with Crippen LogP contribution in [0.15, 0.2) is 35.5 Å². The minimum absolute atomic E-state index is 0.158. The van der Waals surface area contributed by atoms with Crippen molar-refractivity contribution < 1.29 is 13.2 Å². The lowest BCUT2D eigenvalue weighted by molar-refractivity contribution is 0.394. The molecule has 1 aromatic carbocycles. The molecule has 2 aromatic rings. The van der Waals surface area contributed by atoms with Gasteiger partial charge in [0.25, 0.3) is 0 Å². The third kappa shape index (κ3) is 4.40. The van der Waals surface area contributed by atoms with Crippen LogP contribution >= 0.6 is 0 Å². The summed E-state index contributed by atoms with van der Waals surface area (Å²) < 4.78 is 33.4. The molecule has 1 aromatic heterocycles. The number of nitrogens with one attached hydrogen (secondary N) is 1. The fourth-order valence-corrected chi connectivity index (χ4v) is 4.66. The molecule has 148 valence electrons. The van der Waals surface area contributed by atoms with E-state index in [4.69, 9.17) is 4.74 Å². The Morgan fingerprint density at radius 2 is 2.00 bits per heavy atom. The maximum atomic E-state index is 12.7. The van der Waals surface area contributed by atoms with Crippen LogP contribution in [0.5, 0.6) is 5.75 Å². The summed E-state index contributed by atoms with van der Waals surface area (Å²) in [5.74, 6) is 1.14. The van der Waals surface area contributed by atoms with Gasteiger partial charge in [-0.05, 0) is 43.4 Å². The molecule has 1 saturated heterocycles. The highest BCUT2D eigenvalue weighted by Crippen LogP contribution is 2.26. The number of nitrogens with zero attached hydrogens (tertiary/aromatic N) is 4. The summed E-state index contributed by atoms with van der Waals surface area (Å²) in [7, 11) is -2.20. The first kappa shape index (κ1) is 20.0. The number of piperidine rings is 1. The zero-order valence-corrected chi connectivity index (χ0v) is 16.7. The molecule has 1 fully saturated rings. The summed E-state index contributed by atoms with van der Waals surface area (Å²) in [5, 5.41) is 9.18. The van der Waals surface area contributed by atoms with Gasteiger partial charge in [0, 0.05) is 32.0 Å². The van der Waals surface area contributed by atoms with Gasteiger partial charge in [0.15, 0.2) is 11.5 Å². The Morgan fingerprint density at radius 1 is 1.29 bits per heavy atom. The average molecular weight is 401 g/mol. The van der Waals surface area contributed by atoms with Crippen molar-refractivity contribution in [2.75, 3.05) is 31.6 Å². The van der Waals surface area contributed by atoms with E-state index in [1.54, 1.807) is 18.3 Å². The summed E-state index contributed by atoms with van der Waals surface area (Å²) in [6, 6.07) is 7.15. The Balaban J connectivity index is 1.61. The van der Waals surface area contributed by atoms with Gasteiger partial charge in [-0.3, -0.25) is 0 Å². The molecule has 2 heterocycles. The Kier molecular flexibility index (Phi) is 6.11. The number of methoxy groups -OCH3 is 1. The van der Waals surface area contributed by atoms with Crippen molar-refractivity contribution in [3.63, 3.8) is 0 Å². The third-order valence-electron chi connectivity index (χ3n) is 4.87. The number of anilines is 1. The van der Waals surface area contributed by atoms with Gasteiger partial charge in [-0.2, -0.15) is 5.26 Å². The van der Waals surface area contributed by atoms with E-state index >= 15 is 0 Å². The molecule has 0 saturated carbocycles. The van der Waals surface area contributed by atoms with Crippen LogP contribution in [0.4, 0.5) is 5.82 Å². The van der Waals surface area contributed by atoms with Crippen molar-refractivity contribution in [2.24, 2.45) is 5.92 Å². The Hall–Kier alpha value is -2.70. The standard InChI is InChI=1S/C19H23N5O3S/c1-14-3-4-17(27-2)18(11-14)28(25,26)23-13-15-5-9-24(10-6-15)19-16(12-20)21-7-8-22-19/h3-4,7-8,11,15,23H,5-6,9-10,13H2,1-2H3. The largest absolute Gasteiger partial charge is 0.495 e. The Labute approximate surface area is 165 Å². The maximum Gasteiger partial charge on any atom is 0.244 e. The lowest BCUT2D eigenvalue weighted by Crippen LogP contribution is -2.39. The van der Waals surface area contributed by atoms with E-state index in [-0.39, 0.29) is 10.8 Å². The highest BCUT2D eigenvalue weighted by atomic mass is 32.2. The molecule has 0 amide bonds. The summed E-state index contributed by atoms with van der Waals surface area (Å²) >= 11 is 0. The van der Waals surface area contributed by atoms with E-state index in [1.807, 2.05) is 17.9 Å². The van der Waals surface area contributed by atoms with E-state index < -0.39 is 10.0 Å². The average Bonchev–Trinajstić information content (AvgIpc) is 2.72. The van der Waals surface area contributed by atoms with Gasteiger partial charge in [0.2, 0.25) is 10.0 Å². The lowest BCUT2D eigenvalue weighted by atomic mass is 9.97. The van der Waals surface area contributed by atoms with Gasteiger partial charge >= 0.3 is 0 Å². The van der Waals surface area contributed by atoms with Crippen molar-refractivity contribution in [1.82, 2.24) is 14.7 Å². The van der Waals surface area contributed by atoms with E-state index in [9.17, 15) is 13.7 Å². The van der Waals surface area contributed by atoms with Crippen LogP contribution in [0.3, 0.4) is 0 Å². The van der Waals surface area contributed by atoms with Crippen LogP contribution in [0, 0.1) is 24.2 Å². The molecule has 1 N–H and O–H groups in total. The normalized spacial score (nSPS) is 15.2. The first-order chi connectivity index (χ1) is 13.4. The van der Waals surface area contributed by atoms with Gasteiger partial charge in [0.1, 0.15) is 16.7 Å². The van der Waals surface area contributed by atoms with Crippen molar-refractivity contribution in [1.29, 1.82) is 5.26 Å². The van der Waals surface area contributed by atoms with Gasteiger partial charge in [-0.1, -0.05) is 6.07 Å². The van der Waals surface area contributed by atoms with E-state index in [0.29, 0.717) is 36.9 Å². The molecule has 0 bridgehead atoms. The van der Waals surface area contributed by atoms with Crippen LogP contribution in [0.25, 0.3) is 0 Å². The second-order valence-corrected chi connectivity index (χ2v) is 8.51. The molecule has 0 spiro atoms. The Morgan fingerprint density at radius 3 is 2.68 bits per heavy atom. The first-order valence-electron chi connectivity index (χ1n) is 9.05. The molecule has 0 aliphatic carbocycles. The number of sulfonamides is 1. The van der Waals surface area contributed by atoms with Crippen LogP contribution < -0.4 is 14.4 Å². The summed E-state index contributed by atoms with van der Waals surface area (Å²) in [5.41, 5.74) is 1.17. The van der Waals surface area contributed by atoms with Crippen LogP contribution in [-0.2, 0) is 10.0 Å². The molecular weight excluding hydrogens is 378 g/mol. The highest BCUT2D eigenvalue weighted by Gasteiger charge is 2.25. The molecular formula is C19H23N5O3S. The number of aromatic nitrogens is 2. The van der Waals surface area contributed by atoms with Gasteiger partial charge in [0.05, 0.1) is 7.11 Å². The molecule has 28 heavy (non-hydrogen) atoms. The zero-order chi connectivity index (χ0) is 20.1. The van der Waals surface area contributed by atoms with Gasteiger partial charge in [-0.25, -0.2) is 23.1 Å². The summed E-state index contributed by atoms with van der Waals surface area (Å²) in [6.07, 6.45) is 4.68. The van der Waals surface area contributed by atoms with Crippen molar-refractivity contribution in [3.05, 3.63) is 41.9 Å². The van der Waals surface area contributed by atoms with Crippen molar-refractivity contribution in [2.45, 2.75) is 24.7 Å². The summed E-state index contributed by atoms with van der Waals surface area (Å²) in [6.45, 7) is 3.61. The molecule has 8 nitrogen and oxygen atoms in total. The Bertz CT molecular complexity index is 979. The number of hydrogen-bond acceptors (Lipinski definition) is 7. The molecule has 3 rings (SSSR count). The molecule has 1 aliphatic rings. The SMILES string of the molecule is COc1ccc(C)cc1S(=O)(=O)NCC1CCN(c2nccnc2C#N)CC1. The van der Waals surface area contributed by atoms with E-state index in [1.165, 1.54) is 13.3 Å². The second-order valence-electron chi connectivity index (χ2n) is 6.78. The van der Waals surface area contributed by atoms with E-state index in [0.717, 1.165) is 18.4 Å². The quantitative estimate of drug-likeness (QED) is 0.787. The lowest BCUT2D eigenvalue weighted by Gasteiger charge is -2.32. The molecule has 0 unspecified atom stereocenters. The maximum absolute atomic E-state index is 12.7. The number of aryl methyl sites for hydroxylation is 1. The third-order valence-corrected chi connectivity index (χ3v) is 6.31. The monoisotopic (exact) mass is 401 g/mol. The minimum Gasteiger partial charge on any atom is -0.495 e. The van der Waals surface area contributed by atoms with Crippen molar-refractivity contribution >= 4 is 15.8 Å². The highest BCUT2D eigenvalue weighted by molar-refractivity contribution is 7.89. The number of benzene rings is 1. The number of ether oxygens (including phenoxy) is 1. The topological polar surface area (TPSA) is 108 Å². The first-order valence-corrected chi connectivity index (χ1v) is 10.5. The predicted octanol–water partition coefficient (Wildman–Crippen LogP) is 1.86. The molecule has 0 radical (unpaired) electrons. The van der Waals surface area contributed by atoms with Gasteiger partial charge < -0.3 is 9.64 Å². The van der Waals surface area contributed by atoms with Crippen LogP contribution in [-0.4, -0.2) is 45.1 Å². The second kappa shape index (κ2) is 8.54. The summed E-state index contributed by atoms with van der Waals surface area (Å²) in [4.78, 5) is 10.5. The molecule has 0 atom stereocenters. The zero-order valence-electron chi connectivity index (χ0n) is 15.9. The van der Waals surface area contributed by atoms with Crippen molar-refractivity contribution in [3.8, 4) is 11.8 Å². The van der Waals surface area contributed by atoms with E-state index in [2.05, 4.69) is 20.8 Å². The number of nitriles is 1. The fraction of sp³-hybridized carbons (Fsp3) is 0.421.